The van der Waals surface area contributed by atoms with E-state index in [9.17, 15) is 8.78 Å². The van der Waals surface area contributed by atoms with Gasteiger partial charge in [-0.1, -0.05) is 102 Å². The molecule has 0 aromatic heterocycles. The first-order valence-corrected chi connectivity index (χ1v) is 12.7. The summed E-state index contributed by atoms with van der Waals surface area (Å²) in [4.78, 5) is 0. The zero-order valence-corrected chi connectivity index (χ0v) is 23.0. The standard InChI is InChI=1S/C33H44F2/c1-11-14-27(31(34)35)19-23(4)29-21-28(32(7,8)9)16-15-26(29)20-24(5)30(22(2)3)25(6)33(10)17-12-13-18-33/h11,14-16,19,21,31H,2,4-5,12-13,17-18,20H2,1,3,6-10H3/b14-11-,27-19+,30-25+. The van der Waals surface area contributed by atoms with E-state index in [1.807, 2.05) is 0 Å². The van der Waals surface area contributed by atoms with E-state index in [1.54, 1.807) is 13.0 Å². The summed E-state index contributed by atoms with van der Waals surface area (Å²) in [6.07, 6.45) is 7.56. The van der Waals surface area contributed by atoms with Crippen LogP contribution in [0, 0.1) is 5.41 Å². The minimum absolute atomic E-state index is 0.0315. The van der Waals surface area contributed by atoms with Crippen molar-refractivity contribution >= 4 is 5.57 Å². The molecule has 2 heteroatoms. The number of halogens is 2. The molecule has 1 aliphatic carbocycles. The van der Waals surface area contributed by atoms with Crippen LogP contribution in [0.5, 0.6) is 0 Å². The van der Waals surface area contributed by atoms with E-state index in [4.69, 9.17) is 0 Å². The van der Waals surface area contributed by atoms with Gasteiger partial charge in [0.1, 0.15) is 0 Å². The summed E-state index contributed by atoms with van der Waals surface area (Å²) in [7, 11) is 0. The molecule has 2 rings (SSSR count). The third kappa shape index (κ3) is 7.03. The molecule has 0 amide bonds. The Morgan fingerprint density at radius 1 is 1.09 bits per heavy atom. The first kappa shape index (κ1) is 28.8. The van der Waals surface area contributed by atoms with Crippen LogP contribution in [-0.4, -0.2) is 6.43 Å². The highest BCUT2D eigenvalue weighted by molar-refractivity contribution is 5.76. The molecular formula is C33H44F2. The van der Waals surface area contributed by atoms with Gasteiger partial charge >= 0.3 is 0 Å². The van der Waals surface area contributed by atoms with Gasteiger partial charge in [-0.15, -0.1) is 0 Å². The summed E-state index contributed by atoms with van der Waals surface area (Å²) in [6, 6.07) is 6.36. The van der Waals surface area contributed by atoms with E-state index in [2.05, 4.69) is 79.5 Å². The van der Waals surface area contributed by atoms with Gasteiger partial charge in [0.25, 0.3) is 6.43 Å². The summed E-state index contributed by atoms with van der Waals surface area (Å²) in [6.45, 7) is 27.8. The third-order valence-corrected chi connectivity index (χ3v) is 7.45. The average molecular weight is 479 g/mol. The topological polar surface area (TPSA) is 0 Å². The van der Waals surface area contributed by atoms with E-state index in [1.165, 1.54) is 49.0 Å². The lowest BCUT2D eigenvalue weighted by Gasteiger charge is -2.29. The van der Waals surface area contributed by atoms with Gasteiger partial charge in [-0.25, -0.2) is 8.78 Å². The first-order chi connectivity index (χ1) is 16.2. The summed E-state index contributed by atoms with van der Waals surface area (Å²) >= 11 is 0. The Labute approximate surface area is 212 Å². The Balaban J connectivity index is 2.58. The van der Waals surface area contributed by atoms with E-state index in [0.717, 1.165) is 27.8 Å². The summed E-state index contributed by atoms with van der Waals surface area (Å²) in [5.74, 6) is 0. The predicted octanol–water partition coefficient (Wildman–Crippen LogP) is 10.3. The lowest BCUT2D eigenvalue weighted by molar-refractivity contribution is 0.194. The fourth-order valence-corrected chi connectivity index (χ4v) is 5.19. The van der Waals surface area contributed by atoms with Gasteiger partial charge in [-0.3, -0.25) is 0 Å². The van der Waals surface area contributed by atoms with Crippen molar-refractivity contribution in [2.24, 2.45) is 5.41 Å². The summed E-state index contributed by atoms with van der Waals surface area (Å²) in [5.41, 5.74) is 8.34. The largest absolute Gasteiger partial charge is 0.263 e. The van der Waals surface area contributed by atoms with Crippen molar-refractivity contribution in [3.05, 3.63) is 101 Å². The predicted molar refractivity (Wildman–Crippen MR) is 150 cm³/mol. The van der Waals surface area contributed by atoms with Crippen molar-refractivity contribution in [3.8, 4) is 0 Å². The molecule has 0 bridgehead atoms. The Hall–Kier alpha value is -2.48. The molecule has 0 spiro atoms. The Morgan fingerprint density at radius 3 is 2.17 bits per heavy atom. The van der Waals surface area contributed by atoms with Gasteiger partial charge in [0, 0.05) is 5.57 Å². The molecule has 1 aromatic rings. The van der Waals surface area contributed by atoms with Crippen LogP contribution in [0.4, 0.5) is 8.78 Å². The van der Waals surface area contributed by atoms with E-state index < -0.39 is 6.43 Å². The average Bonchev–Trinajstić information content (AvgIpc) is 3.20. The van der Waals surface area contributed by atoms with Crippen LogP contribution in [0.15, 0.2) is 84.0 Å². The minimum Gasteiger partial charge on any atom is -0.205 e. The molecule has 35 heavy (non-hydrogen) atoms. The van der Waals surface area contributed by atoms with Crippen LogP contribution in [0.2, 0.25) is 0 Å². The Morgan fingerprint density at radius 2 is 1.69 bits per heavy atom. The maximum atomic E-state index is 13.6. The molecule has 0 atom stereocenters. The van der Waals surface area contributed by atoms with Crippen LogP contribution in [0.25, 0.3) is 5.57 Å². The second kappa shape index (κ2) is 11.5. The molecule has 0 radical (unpaired) electrons. The van der Waals surface area contributed by atoms with Crippen LogP contribution in [-0.2, 0) is 11.8 Å². The highest BCUT2D eigenvalue weighted by Crippen LogP contribution is 2.46. The minimum atomic E-state index is -2.56. The van der Waals surface area contributed by atoms with Crippen LogP contribution in [0.1, 0.15) is 90.8 Å². The second-order valence-corrected chi connectivity index (χ2v) is 11.4. The van der Waals surface area contributed by atoms with Crippen LogP contribution >= 0.6 is 0 Å². The number of benzene rings is 1. The number of alkyl halides is 2. The van der Waals surface area contributed by atoms with E-state index in [-0.39, 0.29) is 16.4 Å². The smallest absolute Gasteiger partial charge is 0.205 e. The highest BCUT2D eigenvalue weighted by Gasteiger charge is 2.32. The normalized spacial score (nSPS) is 17.1. The zero-order valence-electron chi connectivity index (χ0n) is 23.0. The molecule has 0 nitrogen and oxygen atoms in total. The SMILES string of the molecule is C=C(C)/C(C(=C)Cc1ccc(C(C)(C)C)cc1C(=C)/C=C(\C=C/C)C(F)F)=C(/C)C1(C)CCCC1. The molecule has 0 saturated heterocycles. The molecule has 1 aliphatic rings. The van der Waals surface area contributed by atoms with Crippen molar-refractivity contribution < 1.29 is 8.78 Å². The van der Waals surface area contributed by atoms with Gasteiger partial charge in [0.2, 0.25) is 0 Å². The van der Waals surface area contributed by atoms with Gasteiger partial charge in [-0.2, -0.15) is 0 Å². The molecule has 0 heterocycles. The van der Waals surface area contributed by atoms with Gasteiger partial charge in [0.05, 0.1) is 0 Å². The monoisotopic (exact) mass is 478 g/mol. The fourth-order valence-electron chi connectivity index (χ4n) is 5.19. The molecular weight excluding hydrogens is 434 g/mol. The van der Waals surface area contributed by atoms with Crippen LogP contribution in [0.3, 0.4) is 0 Å². The second-order valence-electron chi connectivity index (χ2n) is 11.4. The number of hydrogen-bond acceptors (Lipinski definition) is 0. The molecule has 0 aliphatic heterocycles. The molecule has 0 N–H and O–H groups in total. The van der Waals surface area contributed by atoms with Crippen molar-refractivity contribution in [2.75, 3.05) is 0 Å². The van der Waals surface area contributed by atoms with Gasteiger partial charge in [-0.05, 0) is 90.3 Å². The number of rotatable bonds is 9. The Bertz CT molecular complexity index is 1060. The lowest BCUT2D eigenvalue weighted by Crippen LogP contribution is -2.16. The number of allylic oxidation sites excluding steroid dienone is 9. The number of hydrogen-bond donors (Lipinski definition) is 0. The molecule has 0 unspecified atom stereocenters. The van der Waals surface area contributed by atoms with Crippen LogP contribution < -0.4 is 0 Å². The quantitative estimate of drug-likeness (QED) is 0.310. The van der Waals surface area contributed by atoms with Gasteiger partial charge in [0.15, 0.2) is 0 Å². The molecule has 1 saturated carbocycles. The van der Waals surface area contributed by atoms with Crippen molar-refractivity contribution in [2.45, 2.75) is 92.4 Å². The van der Waals surface area contributed by atoms with E-state index in [0.29, 0.717) is 12.0 Å². The summed E-state index contributed by atoms with van der Waals surface area (Å²) < 4.78 is 27.2. The lowest BCUT2D eigenvalue weighted by atomic mass is 9.75. The van der Waals surface area contributed by atoms with Crippen molar-refractivity contribution in [1.29, 1.82) is 0 Å². The van der Waals surface area contributed by atoms with E-state index >= 15 is 0 Å². The van der Waals surface area contributed by atoms with Crippen molar-refractivity contribution in [3.63, 3.8) is 0 Å². The summed E-state index contributed by atoms with van der Waals surface area (Å²) in [5, 5.41) is 0. The highest BCUT2D eigenvalue weighted by atomic mass is 19.3. The Kier molecular flexibility index (Phi) is 9.45. The molecule has 1 fully saturated rings. The maximum Gasteiger partial charge on any atom is 0.263 e. The van der Waals surface area contributed by atoms with Gasteiger partial charge < -0.3 is 0 Å². The first-order valence-electron chi connectivity index (χ1n) is 12.7. The molecule has 1 aromatic carbocycles. The van der Waals surface area contributed by atoms with Crippen molar-refractivity contribution in [1.82, 2.24) is 0 Å². The zero-order chi connectivity index (χ0) is 26.6. The third-order valence-electron chi connectivity index (χ3n) is 7.45. The molecule has 190 valence electrons. The fraction of sp³-hybridized carbons (Fsp3) is 0.455. The maximum absolute atomic E-state index is 13.6.